The van der Waals surface area contributed by atoms with E-state index in [4.69, 9.17) is 17.4 Å². The molecule has 3 N–H and O–H groups in total. The van der Waals surface area contributed by atoms with E-state index in [2.05, 4.69) is 22.2 Å². The van der Waals surface area contributed by atoms with Gasteiger partial charge in [0.15, 0.2) is 5.82 Å². The van der Waals surface area contributed by atoms with Crippen LogP contribution in [0, 0.1) is 0 Å². The normalized spacial score (nSPS) is 25.8. The van der Waals surface area contributed by atoms with Gasteiger partial charge in [-0.15, -0.1) is 0 Å². The van der Waals surface area contributed by atoms with Gasteiger partial charge < -0.3 is 10.3 Å². The van der Waals surface area contributed by atoms with Crippen molar-refractivity contribution in [1.82, 2.24) is 14.8 Å². The number of hydrogen-bond donors (Lipinski definition) is 2. The first-order valence-electron chi connectivity index (χ1n) is 7.27. The predicted octanol–water partition coefficient (Wildman–Crippen LogP) is 1.33. The average Bonchev–Trinajstić information content (AvgIpc) is 2.92. The maximum Gasteiger partial charge on any atom is 0.255 e. The van der Waals surface area contributed by atoms with Crippen LogP contribution in [0.1, 0.15) is 30.1 Å². The third-order valence-electron chi connectivity index (χ3n) is 4.42. The Morgan fingerprint density at radius 1 is 1.52 bits per heavy atom. The molecule has 1 aromatic heterocycles. The Morgan fingerprint density at radius 3 is 3.05 bits per heavy atom. The Labute approximate surface area is 129 Å². The summed E-state index contributed by atoms with van der Waals surface area (Å²) in [4.78, 5) is 21.2. The molecule has 0 aliphatic carbocycles. The summed E-state index contributed by atoms with van der Waals surface area (Å²) >= 11 is 6.05. The lowest BCUT2D eigenvalue weighted by atomic mass is 10.1. The molecule has 21 heavy (non-hydrogen) atoms. The first-order valence-corrected chi connectivity index (χ1v) is 7.65. The molecule has 2 unspecified atom stereocenters. The first-order chi connectivity index (χ1) is 10.1. The molecule has 3 rings (SSSR count). The lowest BCUT2D eigenvalue weighted by molar-refractivity contribution is 0.0395. The summed E-state index contributed by atoms with van der Waals surface area (Å²) in [7, 11) is 0. The highest BCUT2D eigenvalue weighted by Crippen LogP contribution is 2.26. The largest absolute Gasteiger partial charge is 0.333 e. The van der Waals surface area contributed by atoms with Gasteiger partial charge in [-0.05, 0) is 32.4 Å². The number of pyridine rings is 1. The minimum atomic E-state index is -0.00739. The molecule has 0 bridgehead atoms. The van der Waals surface area contributed by atoms with Crippen LogP contribution in [0.4, 0.5) is 5.82 Å². The van der Waals surface area contributed by atoms with Crippen LogP contribution in [0.2, 0.25) is 5.02 Å². The monoisotopic (exact) mass is 309 g/mol. The molecule has 1 amide bonds. The molecule has 6 nitrogen and oxygen atoms in total. The van der Waals surface area contributed by atoms with Gasteiger partial charge in [-0.25, -0.2) is 10.8 Å². The van der Waals surface area contributed by atoms with Gasteiger partial charge in [-0.2, -0.15) is 0 Å². The van der Waals surface area contributed by atoms with Gasteiger partial charge in [0.05, 0.1) is 10.6 Å². The molecule has 2 saturated heterocycles. The molecule has 2 aliphatic heterocycles. The second-order valence-corrected chi connectivity index (χ2v) is 6.20. The van der Waals surface area contributed by atoms with Crippen molar-refractivity contribution in [2.75, 3.05) is 25.1 Å². The molecule has 2 atom stereocenters. The van der Waals surface area contributed by atoms with Crippen LogP contribution in [0.3, 0.4) is 0 Å². The van der Waals surface area contributed by atoms with Crippen molar-refractivity contribution in [3.8, 4) is 0 Å². The summed E-state index contributed by atoms with van der Waals surface area (Å²) in [6.45, 7) is 4.98. The SMILES string of the molecule is CC1CN2CCCC2CN1C(=O)c1cnc(NN)c(Cl)c1. The molecule has 7 heteroatoms. The number of nitrogen functional groups attached to an aromatic ring is 1. The fraction of sp³-hybridized carbons (Fsp3) is 0.571. The zero-order chi connectivity index (χ0) is 15.0. The van der Waals surface area contributed by atoms with Gasteiger partial charge in [0.25, 0.3) is 5.91 Å². The minimum absolute atomic E-state index is 0.00739. The Hall–Kier alpha value is -1.37. The quantitative estimate of drug-likeness (QED) is 0.637. The van der Waals surface area contributed by atoms with Crippen molar-refractivity contribution < 1.29 is 4.79 Å². The molecule has 2 aliphatic rings. The summed E-state index contributed by atoms with van der Waals surface area (Å²) in [5, 5.41) is 0.357. The highest BCUT2D eigenvalue weighted by atomic mass is 35.5. The standard InChI is InChI=1S/C14H20ClN5O/c1-9-7-19-4-2-3-11(19)8-20(9)14(21)10-5-12(15)13(18-16)17-6-10/h5-6,9,11H,2-4,7-8,16H2,1H3,(H,17,18). The van der Waals surface area contributed by atoms with Crippen LogP contribution in [-0.4, -0.2) is 52.4 Å². The van der Waals surface area contributed by atoms with Crippen molar-refractivity contribution in [3.63, 3.8) is 0 Å². The van der Waals surface area contributed by atoms with Gasteiger partial charge in [0.2, 0.25) is 0 Å². The molecular weight excluding hydrogens is 290 g/mol. The summed E-state index contributed by atoms with van der Waals surface area (Å²) in [6.07, 6.45) is 3.92. The van der Waals surface area contributed by atoms with Crippen LogP contribution in [0.5, 0.6) is 0 Å². The third-order valence-corrected chi connectivity index (χ3v) is 4.71. The maximum atomic E-state index is 12.7. The number of piperazine rings is 1. The molecule has 1 aromatic rings. The molecule has 0 aromatic carbocycles. The number of amides is 1. The minimum Gasteiger partial charge on any atom is -0.333 e. The van der Waals surface area contributed by atoms with Crippen LogP contribution >= 0.6 is 11.6 Å². The van der Waals surface area contributed by atoms with Crippen molar-refractivity contribution >= 4 is 23.3 Å². The molecular formula is C14H20ClN5O. The second kappa shape index (κ2) is 5.79. The molecule has 0 spiro atoms. The first kappa shape index (κ1) is 14.6. The number of carbonyl (C=O) groups excluding carboxylic acids is 1. The Kier molecular flexibility index (Phi) is 4.01. The number of nitrogens with one attached hydrogen (secondary N) is 1. The number of hydrazine groups is 1. The number of aromatic nitrogens is 1. The van der Waals surface area contributed by atoms with E-state index in [9.17, 15) is 4.79 Å². The van der Waals surface area contributed by atoms with Gasteiger partial charge in [-0.3, -0.25) is 9.69 Å². The number of fused-ring (bicyclic) bond motifs is 1. The van der Waals surface area contributed by atoms with E-state index in [1.165, 1.54) is 19.0 Å². The average molecular weight is 310 g/mol. The fourth-order valence-electron chi connectivity index (χ4n) is 3.30. The fourth-order valence-corrected chi connectivity index (χ4v) is 3.52. The number of carbonyl (C=O) groups is 1. The van der Waals surface area contributed by atoms with Crippen LogP contribution in [0.25, 0.3) is 0 Å². The van der Waals surface area contributed by atoms with Crippen molar-refractivity contribution in [2.24, 2.45) is 5.84 Å². The number of rotatable bonds is 2. The van der Waals surface area contributed by atoms with Crippen LogP contribution in [0.15, 0.2) is 12.3 Å². The highest BCUT2D eigenvalue weighted by molar-refractivity contribution is 6.33. The van der Waals surface area contributed by atoms with Crippen molar-refractivity contribution in [1.29, 1.82) is 0 Å². The smallest absolute Gasteiger partial charge is 0.255 e. The van der Waals surface area contributed by atoms with Crippen molar-refractivity contribution in [2.45, 2.75) is 31.8 Å². The van der Waals surface area contributed by atoms with E-state index < -0.39 is 0 Å². The molecule has 3 heterocycles. The van der Waals surface area contributed by atoms with Gasteiger partial charge in [0, 0.05) is 31.4 Å². The Bertz CT molecular complexity index is 552. The predicted molar refractivity (Wildman–Crippen MR) is 82.2 cm³/mol. The highest BCUT2D eigenvalue weighted by Gasteiger charge is 2.36. The second-order valence-electron chi connectivity index (χ2n) is 5.80. The number of hydrogen-bond acceptors (Lipinski definition) is 5. The van der Waals surface area contributed by atoms with E-state index >= 15 is 0 Å². The van der Waals surface area contributed by atoms with E-state index in [-0.39, 0.29) is 11.9 Å². The maximum absolute atomic E-state index is 12.7. The van der Waals surface area contributed by atoms with Gasteiger partial charge in [0.1, 0.15) is 0 Å². The van der Waals surface area contributed by atoms with E-state index in [1.807, 2.05) is 4.90 Å². The Morgan fingerprint density at radius 2 is 2.33 bits per heavy atom. The zero-order valence-corrected chi connectivity index (χ0v) is 12.8. The zero-order valence-electron chi connectivity index (χ0n) is 12.1. The molecule has 2 fully saturated rings. The lowest BCUT2D eigenvalue weighted by Gasteiger charge is -2.42. The third kappa shape index (κ3) is 2.71. The van der Waals surface area contributed by atoms with Gasteiger partial charge in [-0.1, -0.05) is 11.6 Å². The van der Waals surface area contributed by atoms with Crippen LogP contribution < -0.4 is 11.3 Å². The number of nitrogens with two attached hydrogens (primary N) is 1. The number of halogens is 1. The summed E-state index contributed by atoms with van der Waals surface area (Å²) in [5.41, 5.74) is 2.92. The van der Waals surface area contributed by atoms with E-state index in [1.54, 1.807) is 6.07 Å². The Balaban J connectivity index is 1.79. The molecule has 0 radical (unpaired) electrons. The summed E-state index contributed by atoms with van der Waals surface area (Å²) in [5.74, 6) is 5.67. The molecule has 114 valence electrons. The number of anilines is 1. The lowest BCUT2D eigenvalue weighted by Crippen LogP contribution is -2.56. The summed E-state index contributed by atoms with van der Waals surface area (Å²) < 4.78 is 0. The van der Waals surface area contributed by atoms with E-state index in [0.29, 0.717) is 22.4 Å². The topological polar surface area (TPSA) is 74.5 Å². The van der Waals surface area contributed by atoms with Crippen LogP contribution in [-0.2, 0) is 0 Å². The molecule has 0 saturated carbocycles. The van der Waals surface area contributed by atoms with Crippen molar-refractivity contribution in [3.05, 3.63) is 22.8 Å². The number of nitrogens with zero attached hydrogens (tertiary/aromatic N) is 3. The summed E-state index contributed by atoms with van der Waals surface area (Å²) in [6, 6.07) is 2.33. The van der Waals surface area contributed by atoms with Gasteiger partial charge >= 0.3 is 0 Å². The van der Waals surface area contributed by atoms with E-state index in [0.717, 1.165) is 19.6 Å².